The van der Waals surface area contributed by atoms with Gasteiger partial charge in [-0.1, -0.05) is 5.03 Å². The van der Waals surface area contributed by atoms with Gasteiger partial charge >= 0.3 is 29.6 Å². The van der Waals surface area contributed by atoms with Gasteiger partial charge in [0.25, 0.3) is 0 Å². The van der Waals surface area contributed by atoms with Gasteiger partial charge in [-0.2, -0.15) is 5.26 Å². The van der Waals surface area contributed by atoms with Crippen molar-refractivity contribution in [3.05, 3.63) is 41.9 Å². The van der Waals surface area contributed by atoms with Gasteiger partial charge in [-0.25, -0.2) is 0 Å². The van der Waals surface area contributed by atoms with Crippen molar-refractivity contribution in [1.29, 1.82) is 5.26 Å². The summed E-state index contributed by atoms with van der Waals surface area (Å²) in [6.45, 7) is 1.88. The quantitative estimate of drug-likeness (QED) is 0.492. The minimum atomic E-state index is 0. The maximum Gasteiger partial charge on any atom is 1.00 e. The van der Waals surface area contributed by atoms with E-state index in [0.29, 0.717) is 10.6 Å². The van der Waals surface area contributed by atoms with E-state index in [1.54, 1.807) is 18.5 Å². The molecule has 0 radical (unpaired) electrons. The van der Waals surface area contributed by atoms with Crippen LogP contribution in [0.4, 0.5) is 0 Å². The average Bonchev–Trinajstić information content (AvgIpc) is 2.30. The van der Waals surface area contributed by atoms with Crippen LogP contribution in [0.25, 0.3) is 11.1 Å². The van der Waals surface area contributed by atoms with Gasteiger partial charge in [0.2, 0.25) is 0 Å². The van der Waals surface area contributed by atoms with E-state index in [0.717, 1.165) is 16.8 Å². The molecule has 2 aromatic heterocycles. The number of aromatic nitrogens is 2. The Morgan fingerprint density at radius 2 is 1.94 bits per heavy atom. The average molecular weight is 249 g/mol. The molecule has 0 aliphatic heterocycles. The van der Waals surface area contributed by atoms with Crippen molar-refractivity contribution in [1.82, 2.24) is 9.97 Å². The first-order chi connectivity index (χ1) is 7.72. The summed E-state index contributed by atoms with van der Waals surface area (Å²) in [5, 5.41) is 9.27. The van der Waals surface area contributed by atoms with Crippen LogP contribution in [-0.4, -0.2) is 9.97 Å². The molecule has 0 fully saturated rings. The maximum absolute atomic E-state index is 8.91. The number of hydrogen-bond acceptors (Lipinski definition) is 4. The molecule has 5 heteroatoms. The first-order valence-corrected chi connectivity index (χ1v) is 5.12. The van der Waals surface area contributed by atoms with E-state index in [2.05, 4.69) is 16.0 Å². The molecule has 0 aliphatic carbocycles. The third-order valence-corrected chi connectivity index (χ3v) is 2.60. The van der Waals surface area contributed by atoms with Crippen molar-refractivity contribution >= 4 is 12.6 Å². The number of rotatable bonds is 1. The Morgan fingerprint density at radius 3 is 2.53 bits per heavy atom. The predicted molar refractivity (Wildman–Crippen MR) is 62.6 cm³/mol. The number of nitrogens with zero attached hydrogens (tertiary/aromatic N) is 3. The number of pyridine rings is 2. The summed E-state index contributed by atoms with van der Waals surface area (Å²) in [6.07, 6.45) is 3.42. The van der Waals surface area contributed by atoms with E-state index in [1.807, 2.05) is 19.1 Å². The monoisotopic (exact) mass is 249 g/mol. The zero-order valence-electron chi connectivity index (χ0n) is 9.64. The van der Waals surface area contributed by atoms with Crippen LogP contribution in [0.3, 0.4) is 0 Å². The summed E-state index contributed by atoms with van der Waals surface area (Å²) in [4.78, 5) is 8.15. The van der Waals surface area contributed by atoms with Gasteiger partial charge in [0, 0.05) is 23.7 Å². The summed E-state index contributed by atoms with van der Waals surface area (Å²) < 4.78 is 0. The minimum Gasteiger partial charge on any atom is -0.759 e. The molecule has 0 aromatic carbocycles. The van der Waals surface area contributed by atoms with Crippen molar-refractivity contribution in [3.63, 3.8) is 0 Å². The van der Waals surface area contributed by atoms with Crippen LogP contribution in [0.1, 0.15) is 11.3 Å². The standard InChI is InChI=1S/C12H9N3S.Na/c1-8-11(9-2-4-14-5-3-9)6-10(7-13)12(16)15-8;/h2-6H,1H3,(H,15,16);/q;+1/p-1. The Hall–Kier alpha value is -0.990. The molecular formula is C12H8N3NaS. The second-order valence-electron chi connectivity index (χ2n) is 3.32. The molecule has 78 valence electrons. The third kappa shape index (κ3) is 3.02. The molecule has 0 atom stereocenters. The number of hydrogen-bond donors (Lipinski definition) is 0. The summed E-state index contributed by atoms with van der Waals surface area (Å²) in [5.74, 6) is 0. The summed E-state index contributed by atoms with van der Waals surface area (Å²) in [7, 11) is 0. The van der Waals surface area contributed by atoms with Gasteiger partial charge < -0.3 is 12.6 Å². The van der Waals surface area contributed by atoms with E-state index in [4.69, 9.17) is 17.9 Å². The van der Waals surface area contributed by atoms with Gasteiger partial charge in [-0.15, -0.1) is 0 Å². The van der Waals surface area contributed by atoms with Crippen LogP contribution in [0.15, 0.2) is 35.6 Å². The Bertz CT molecular complexity index is 564. The van der Waals surface area contributed by atoms with E-state index in [9.17, 15) is 0 Å². The fraction of sp³-hybridized carbons (Fsp3) is 0.0833. The molecule has 17 heavy (non-hydrogen) atoms. The Labute approximate surface area is 128 Å². The van der Waals surface area contributed by atoms with Crippen molar-refractivity contribution in [2.45, 2.75) is 11.9 Å². The van der Waals surface area contributed by atoms with Crippen LogP contribution < -0.4 is 29.6 Å². The maximum atomic E-state index is 8.91. The molecule has 3 nitrogen and oxygen atoms in total. The Kier molecular flexibility index (Phi) is 5.03. The molecular weight excluding hydrogens is 241 g/mol. The molecule has 2 aromatic rings. The molecule has 0 unspecified atom stereocenters. The topological polar surface area (TPSA) is 49.6 Å². The zero-order chi connectivity index (χ0) is 11.5. The first-order valence-electron chi connectivity index (χ1n) is 4.71. The second kappa shape index (κ2) is 6.08. The van der Waals surface area contributed by atoms with E-state index >= 15 is 0 Å². The predicted octanol–water partition coefficient (Wildman–Crippen LogP) is -0.767. The molecule has 2 rings (SSSR count). The molecule has 0 aliphatic rings. The van der Waals surface area contributed by atoms with Crippen molar-refractivity contribution in [2.75, 3.05) is 0 Å². The normalized spacial score (nSPS) is 9.18. The van der Waals surface area contributed by atoms with E-state index < -0.39 is 0 Å². The smallest absolute Gasteiger partial charge is 0.759 e. The van der Waals surface area contributed by atoms with Crippen LogP contribution in [-0.2, 0) is 12.6 Å². The fourth-order valence-electron chi connectivity index (χ4n) is 1.49. The van der Waals surface area contributed by atoms with Crippen LogP contribution in [0.2, 0.25) is 0 Å². The first kappa shape index (κ1) is 14.1. The van der Waals surface area contributed by atoms with Crippen molar-refractivity contribution in [2.24, 2.45) is 0 Å². The largest absolute Gasteiger partial charge is 1.00 e. The minimum absolute atomic E-state index is 0. The van der Waals surface area contributed by atoms with Gasteiger partial charge in [0.15, 0.2) is 0 Å². The molecule has 0 saturated carbocycles. The van der Waals surface area contributed by atoms with Crippen molar-refractivity contribution in [3.8, 4) is 17.2 Å². The van der Waals surface area contributed by atoms with Crippen LogP contribution >= 0.6 is 0 Å². The van der Waals surface area contributed by atoms with Crippen LogP contribution in [0.5, 0.6) is 0 Å². The van der Waals surface area contributed by atoms with Crippen LogP contribution in [0, 0.1) is 18.3 Å². The molecule has 0 saturated heterocycles. The molecule has 2 heterocycles. The summed E-state index contributed by atoms with van der Waals surface area (Å²) in [6, 6.07) is 7.59. The summed E-state index contributed by atoms with van der Waals surface area (Å²) >= 11 is 5.00. The number of nitriles is 1. The van der Waals surface area contributed by atoms with Gasteiger partial charge in [-0.3, -0.25) is 9.97 Å². The van der Waals surface area contributed by atoms with Gasteiger partial charge in [0.1, 0.15) is 0 Å². The van der Waals surface area contributed by atoms with E-state index in [1.165, 1.54) is 0 Å². The zero-order valence-corrected chi connectivity index (χ0v) is 12.5. The number of aryl methyl sites for hydroxylation is 1. The SMILES string of the molecule is Cc1nc([S-])c(C#N)cc1-c1ccncc1.[Na+]. The molecule has 0 amide bonds. The summed E-state index contributed by atoms with van der Waals surface area (Å²) in [5.41, 5.74) is 3.18. The third-order valence-electron chi connectivity index (χ3n) is 2.29. The fourth-order valence-corrected chi connectivity index (χ4v) is 1.73. The molecule has 0 bridgehead atoms. The Balaban J connectivity index is 0.00000144. The second-order valence-corrected chi connectivity index (χ2v) is 3.71. The van der Waals surface area contributed by atoms with Gasteiger partial charge in [-0.05, 0) is 30.7 Å². The molecule has 0 N–H and O–H groups in total. The Morgan fingerprint density at radius 1 is 1.29 bits per heavy atom. The van der Waals surface area contributed by atoms with Gasteiger partial charge in [0.05, 0.1) is 11.6 Å². The van der Waals surface area contributed by atoms with Crippen molar-refractivity contribution < 1.29 is 29.6 Å². The molecule has 0 spiro atoms. The van der Waals surface area contributed by atoms with E-state index in [-0.39, 0.29) is 29.6 Å².